The van der Waals surface area contributed by atoms with Gasteiger partial charge in [0.25, 0.3) is 0 Å². The van der Waals surface area contributed by atoms with E-state index in [0.29, 0.717) is 12.2 Å². The summed E-state index contributed by atoms with van der Waals surface area (Å²) >= 11 is 0. The summed E-state index contributed by atoms with van der Waals surface area (Å²) in [7, 11) is 0. The zero-order valence-electron chi connectivity index (χ0n) is 14.6. The van der Waals surface area contributed by atoms with E-state index in [-0.39, 0.29) is 0 Å². The molecule has 0 atom stereocenters. The van der Waals surface area contributed by atoms with Gasteiger partial charge in [0.15, 0.2) is 0 Å². The highest BCUT2D eigenvalue weighted by molar-refractivity contribution is 5.87. The van der Waals surface area contributed by atoms with Crippen LogP contribution in [0.1, 0.15) is 33.5 Å². The Labute approximate surface area is 153 Å². The Balaban J connectivity index is 1.58. The topological polar surface area (TPSA) is 46.5 Å². The minimum atomic E-state index is -0.883. The van der Waals surface area contributed by atoms with E-state index in [2.05, 4.69) is 18.2 Å². The normalized spacial score (nSPS) is 10.5. The molecular formula is C23H22O3. The van der Waals surface area contributed by atoms with Gasteiger partial charge in [-0.3, -0.25) is 0 Å². The molecular weight excluding hydrogens is 324 g/mol. The minimum Gasteiger partial charge on any atom is -0.489 e. The fourth-order valence-electron chi connectivity index (χ4n) is 2.93. The number of rotatable bonds is 8. The molecule has 0 fully saturated rings. The second kappa shape index (κ2) is 8.86. The quantitative estimate of drug-likeness (QED) is 0.614. The van der Waals surface area contributed by atoms with Gasteiger partial charge in [0.2, 0.25) is 0 Å². The summed E-state index contributed by atoms with van der Waals surface area (Å²) in [6.07, 6.45) is 2.67. The third-order valence-electron chi connectivity index (χ3n) is 4.30. The second-order valence-electron chi connectivity index (χ2n) is 6.24. The lowest BCUT2D eigenvalue weighted by Gasteiger charge is -2.12. The first kappa shape index (κ1) is 17.7. The van der Waals surface area contributed by atoms with Crippen molar-refractivity contribution in [3.63, 3.8) is 0 Å². The maximum atomic E-state index is 11.1. The average Bonchev–Trinajstić information content (AvgIpc) is 2.68. The van der Waals surface area contributed by atoms with Crippen LogP contribution in [0.3, 0.4) is 0 Å². The number of hydrogen-bond acceptors (Lipinski definition) is 2. The molecule has 3 heteroatoms. The van der Waals surface area contributed by atoms with E-state index in [9.17, 15) is 4.79 Å². The molecule has 0 amide bonds. The summed E-state index contributed by atoms with van der Waals surface area (Å²) in [5.41, 5.74) is 3.72. The first-order valence-electron chi connectivity index (χ1n) is 8.79. The molecule has 1 N–H and O–H groups in total. The zero-order valence-corrected chi connectivity index (χ0v) is 14.6. The van der Waals surface area contributed by atoms with E-state index in [0.717, 1.165) is 36.1 Å². The van der Waals surface area contributed by atoms with Crippen molar-refractivity contribution in [2.24, 2.45) is 0 Å². The molecule has 3 rings (SSSR count). The van der Waals surface area contributed by atoms with Crippen molar-refractivity contribution in [2.75, 3.05) is 0 Å². The maximum absolute atomic E-state index is 11.1. The molecule has 0 bridgehead atoms. The lowest BCUT2D eigenvalue weighted by atomic mass is 10.0. The summed E-state index contributed by atoms with van der Waals surface area (Å²) in [4.78, 5) is 11.1. The van der Waals surface area contributed by atoms with Crippen molar-refractivity contribution in [1.29, 1.82) is 0 Å². The van der Waals surface area contributed by atoms with Gasteiger partial charge < -0.3 is 9.84 Å². The summed E-state index contributed by atoms with van der Waals surface area (Å²) in [5.74, 6) is 0.0298. The molecule has 0 saturated carbocycles. The molecule has 132 valence electrons. The van der Waals surface area contributed by atoms with Gasteiger partial charge in [0, 0.05) is 0 Å². The number of carboxylic acid groups (broad SMARTS) is 1. The molecule has 0 heterocycles. The molecule has 0 radical (unpaired) electrons. The SMILES string of the molecule is O=C(O)c1cccc(CCCc2ccccc2OCc2ccccc2)c1. The van der Waals surface area contributed by atoms with E-state index in [1.165, 1.54) is 5.56 Å². The van der Waals surface area contributed by atoms with Gasteiger partial charge in [-0.1, -0.05) is 60.7 Å². The van der Waals surface area contributed by atoms with Gasteiger partial charge in [-0.2, -0.15) is 0 Å². The second-order valence-corrected chi connectivity index (χ2v) is 6.24. The number of ether oxygens (including phenoxy) is 1. The molecule has 3 nitrogen and oxygen atoms in total. The summed E-state index contributed by atoms with van der Waals surface area (Å²) in [6.45, 7) is 0.554. The standard InChI is InChI=1S/C23H22O3/c24-23(25)21-14-7-11-18(16-21)10-6-13-20-12-4-5-15-22(20)26-17-19-8-2-1-3-9-19/h1-5,7-9,11-12,14-16H,6,10,13,17H2,(H,24,25). The number of aromatic carboxylic acids is 1. The first-order valence-corrected chi connectivity index (χ1v) is 8.79. The molecule has 26 heavy (non-hydrogen) atoms. The van der Waals surface area contributed by atoms with Gasteiger partial charge in [0.1, 0.15) is 12.4 Å². The third-order valence-corrected chi connectivity index (χ3v) is 4.30. The van der Waals surface area contributed by atoms with E-state index >= 15 is 0 Å². The summed E-state index contributed by atoms with van der Waals surface area (Å²) in [6, 6.07) is 25.4. The molecule has 3 aromatic rings. The van der Waals surface area contributed by atoms with Gasteiger partial charge in [0.05, 0.1) is 5.56 Å². The van der Waals surface area contributed by atoms with Crippen molar-refractivity contribution in [3.8, 4) is 5.75 Å². The van der Waals surface area contributed by atoms with Crippen LogP contribution in [0.2, 0.25) is 0 Å². The monoisotopic (exact) mass is 346 g/mol. The summed E-state index contributed by atoms with van der Waals surface area (Å²) < 4.78 is 6.00. The van der Waals surface area contributed by atoms with Crippen LogP contribution in [-0.4, -0.2) is 11.1 Å². The van der Waals surface area contributed by atoms with Crippen molar-refractivity contribution in [2.45, 2.75) is 25.9 Å². The molecule has 0 saturated heterocycles. The van der Waals surface area contributed by atoms with Crippen molar-refractivity contribution >= 4 is 5.97 Å². The van der Waals surface area contributed by atoms with E-state index in [1.54, 1.807) is 18.2 Å². The van der Waals surface area contributed by atoms with Crippen molar-refractivity contribution in [1.82, 2.24) is 0 Å². The van der Waals surface area contributed by atoms with Gasteiger partial charge in [-0.05, 0) is 54.2 Å². The highest BCUT2D eigenvalue weighted by Gasteiger charge is 2.06. The Morgan fingerprint density at radius 1 is 0.808 bits per heavy atom. The van der Waals surface area contributed by atoms with Crippen LogP contribution in [0.4, 0.5) is 0 Å². The van der Waals surface area contributed by atoms with Crippen LogP contribution in [0, 0.1) is 0 Å². The van der Waals surface area contributed by atoms with Crippen LogP contribution in [-0.2, 0) is 19.4 Å². The van der Waals surface area contributed by atoms with Crippen LogP contribution in [0.25, 0.3) is 0 Å². The largest absolute Gasteiger partial charge is 0.489 e. The van der Waals surface area contributed by atoms with Crippen molar-refractivity contribution in [3.05, 3.63) is 101 Å². The molecule has 0 spiro atoms. The highest BCUT2D eigenvalue weighted by atomic mass is 16.5. The van der Waals surface area contributed by atoms with Crippen LogP contribution in [0.5, 0.6) is 5.75 Å². The molecule has 0 unspecified atom stereocenters. The lowest BCUT2D eigenvalue weighted by molar-refractivity contribution is 0.0696. The molecule has 0 aliphatic rings. The van der Waals surface area contributed by atoms with E-state index < -0.39 is 5.97 Å². The van der Waals surface area contributed by atoms with E-state index in [4.69, 9.17) is 9.84 Å². The fraction of sp³-hybridized carbons (Fsp3) is 0.174. The molecule has 3 aromatic carbocycles. The van der Waals surface area contributed by atoms with Crippen LogP contribution < -0.4 is 4.74 Å². The Morgan fingerprint density at radius 2 is 1.54 bits per heavy atom. The van der Waals surface area contributed by atoms with Gasteiger partial charge >= 0.3 is 5.97 Å². The highest BCUT2D eigenvalue weighted by Crippen LogP contribution is 2.22. The third kappa shape index (κ3) is 4.96. The van der Waals surface area contributed by atoms with Gasteiger partial charge in [-0.15, -0.1) is 0 Å². The molecule has 0 aliphatic heterocycles. The zero-order chi connectivity index (χ0) is 18.2. The number of hydrogen-bond donors (Lipinski definition) is 1. The molecule has 0 aliphatic carbocycles. The molecule has 0 aromatic heterocycles. The van der Waals surface area contributed by atoms with Crippen molar-refractivity contribution < 1.29 is 14.6 Å². The predicted molar refractivity (Wildman–Crippen MR) is 103 cm³/mol. The van der Waals surface area contributed by atoms with E-state index in [1.807, 2.05) is 42.5 Å². The smallest absolute Gasteiger partial charge is 0.335 e. The van der Waals surface area contributed by atoms with Crippen LogP contribution in [0.15, 0.2) is 78.9 Å². The average molecular weight is 346 g/mol. The Hall–Kier alpha value is -3.07. The number of aryl methyl sites for hydroxylation is 2. The number of para-hydroxylation sites is 1. The Bertz CT molecular complexity index is 856. The Morgan fingerprint density at radius 3 is 2.35 bits per heavy atom. The predicted octanol–water partition coefficient (Wildman–Crippen LogP) is 5.14. The first-order chi connectivity index (χ1) is 12.7. The number of benzene rings is 3. The fourth-order valence-corrected chi connectivity index (χ4v) is 2.93. The number of carboxylic acids is 1. The van der Waals surface area contributed by atoms with Crippen LogP contribution >= 0.6 is 0 Å². The van der Waals surface area contributed by atoms with Gasteiger partial charge in [-0.25, -0.2) is 4.79 Å². The summed E-state index contributed by atoms with van der Waals surface area (Å²) in [5, 5.41) is 9.09. The maximum Gasteiger partial charge on any atom is 0.335 e. The number of carbonyl (C=O) groups is 1. The lowest BCUT2D eigenvalue weighted by Crippen LogP contribution is -2.00. The Kier molecular flexibility index (Phi) is 6.05. The minimum absolute atomic E-state index is 0.342.